The zero-order valence-corrected chi connectivity index (χ0v) is 14.2. The molecule has 0 fully saturated rings. The number of halogens is 1. The van der Waals surface area contributed by atoms with Crippen molar-refractivity contribution in [1.29, 1.82) is 0 Å². The summed E-state index contributed by atoms with van der Waals surface area (Å²) in [6.07, 6.45) is 2.73. The van der Waals surface area contributed by atoms with Gasteiger partial charge in [0.2, 0.25) is 0 Å². The van der Waals surface area contributed by atoms with E-state index in [1.54, 1.807) is 22.8 Å². The third kappa shape index (κ3) is 3.54. The molecule has 1 aromatic carbocycles. The molecule has 2 heterocycles. The van der Waals surface area contributed by atoms with Crippen molar-refractivity contribution in [1.82, 2.24) is 19.5 Å². The lowest BCUT2D eigenvalue weighted by atomic mass is 10.1. The summed E-state index contributed by atoms with van der Waals surface area (Å²) < 4.78 is 15.0. The van der Waals surface area contributed by atoms with Gasteiger partial charge in [-0.3, -0.25) is 0 Å². The fourth-order valence-corrected chi connectivity index (χ4v) is 2.71. The summed E-state index contributed by atoms with van der Waals surface area (Å²) in [5.41, 5.74) is 2.44. The van der Waals surface area contributed by atoms with Crippen LogP contribution in [0.4, 0.5) is 10.2 Å². The number of nitrogens with zero attached hydrogens (tertiary/aromatic N) is 4. The van der Waals surface area contributed by atoms with E-state index in [1.807, 2.05) is 12.1 Å². The SMILES string of the molecule is CCC(CN(C)C)Nc1cc(-c2ccc(F)cc2)nc2ccnn12. The van der Waals surface area contributed by atoms with Crippen molar-refractivity contribution in [3.05, 3.63) is 48.4 Å². The Bertz CT molecular complexity index is 810. The zero-order valence-electron chi connectivity index (χ0n) is 14.2. The first-order valence-electron chi connectivity index (χ1n) is 8.09. The van der Waals surface area contributed by atoms with Gasteiger partial charge in [0.05, 0.1) is 11.9 Å². The standard InChI is InChI=1S/C18H22FN5/c1-4-15(12-23(2)3)21-18-11-16(13-5-7-14(19)8-6-13)22-17-9-10-20-24(17)18/h5-11,15,21H,4,12H2,1-3H3. The largest absolute Gasteiger partial charge is 0.366 e. The molecule has 24 heavy (non-hydrogen) atoms. The second kappa shape index (κ2) is 6.97. The minimum atomic E-state index is -0.250. The summed E-state index contributed by atoms with van der Waals surface area (Å²) in [5, 5.41) is 7.91. The summed E-state index contributed by atoms with van der Waals surface area (Å²) >= 11 is 0. The van der Waals surface area contributed by atoms with E-state index in [0.29, 0.717) is 6.04 Å². The molecule has 0 radical (unpaired) electrons. The van der Waals surface area contributed by atoms with E-state index < -0.39 is 0 Å². The summed E-state index contributed by atoms with van der Waals surface area (Å²) in [6, 6.07) is 10.5. The zero-order chi connectivity index (χ0) is 17.1. The van der Waals surface area contributed by atoms with Crippen LogP contribution in [0.25, 0.3) is 16.9 Å². The third-order valence-corrected chi connectivity index (χ3v) is 3.93. The maximum Gasteiger partial charge on any atom is 0.157 e. The van der Waals surface area contributed by atoms with Gasteiger partial charge >= 0.3 is 0 Å². The molecular formula is C18H22FN5. The fraction of sp³-hybridized carbons (Fsp3) is 0.333. The van der Waals surface area contributed by atoms with Gasteiger partial charge in [0.1, 0.15) is 11.6 Å². The van der Waals surface area contributed by atoms with Crippen molar-refractivity contribution in [2.75, 3.05) is 26.0 Å². The van der Waals surface area contributed by atoms with E-state index in [0.717, 1.165) is 35.7 Å². The van der Waals surface area contributed by atoms with Crippen LogP contribution >= 0.6 is 0 Å². The monoisotopic (exact) mass is 327 g/mol. The molecule has 126 valence electrons. The lowest BCUT2D eigenvalue weighted by Gasteiger charge is -2.22. The normalized spacial score (nSPS) is 12.7. The van der Waals surface area contributed by atoms with Crippen LogP contribution in [0.2, 0.25) is 0 Å². The molecule has 5 nitrogen and oxygen atoms in total. The Morgan fingerprint density at radius 2 is 1.96 bits per heavy atom. The molecule has 6 heteroatoms. The van der Waals surface area contributed by atoms with E-state index in [-0.39, 0.29) is 5.82 Å². The number of benzene rings is 1. The van der Waals surface area contributed by atoms with Crippen LogP contribution < -0.4 is 5.32 Å². The molecule has 3 rings (SSSR count). The van der Waals surface area contributed by atoms with Crippen molar-refractivity contribution >= 4 is 11.5 Å². The lowest BCUT2D eigenvalue weighted by molar-refractivity contribution is 0.378. The molecule has 0 aliphatic carbocycles. The minimum absolute atomic E-state index is 0.250. The Kier molecular flexibility index (Phi) is 4.76. The van der Waals surface area contributed by atoms with Crippen LogP contribution in [0.5, 0.6) is 0 Å². The molecule has 0 amide bonds. The topological polar surface area (TPSA) is 45.5 Å². The van der Waals surface area contributed by atoms with Crippen molar-refractivity contribution in [2.24, 2.45) is 0 Å². The van der Waals surface area contributed by atoms with E-state index >= 15 is 0 Å². The van der Waals surface area contributed by atoms with Crippen LogP contribution in [0.15, 0.2) is 42.6 Å². The Morgan fingerprint density at radius 1 is 1.21 bits per heavy atom. The average Bonchev–Trinajstić information content (AvgIpc) is 3.03. The van der Waals surface area contributed by atoms with Gasteiger partial charge in [0, 0.05) is 30.3 Å². The van der Waals surface area contributed by atoms with Crippen LogP contribution in [-0.2, 0) is 0 Å². The molecule has 1 N–H and O–H groups in total. The first-order chi connectivity index (χ1) is 11.6. The molecule has 2 aromatic heterocycles. The smallest absolute Gasteiger partial charge is 0.157 e. The maximum atomic E-state index is 13.2. The first kappa shape index (κ1) is 16.4. The molecule has 0 saturated heterocycles. The highest BCUT2D eigenvalue weighted by Crippen LogP contribution is 2.23. The fourth-order valence-electron chi connectivity index (χ4n) is 2.71. The van der Waals surface area contributed by atoms with E-state index in [1.165, 1.54) is 12.1 Å². The molecular weight excluding hydrogens is 305 g/mol. The van der Waals surface area contributed by atoms with Gasteiger partial charge in [-0.25, -0.2) is 9.37 Å². The molecule has 0 aliphatic heterocycles. The highest BCUT2D eigenvalue weighted by Gasteiger charge is 2.13. The van der Waals surface area contributed by atoms with Gasteiger partial charge in [-0.2, -0.15) is 9.61 Å². The predicted octanol–water partition coefficient (Wildman–Crippen LogP) is 3.29. The Balaban J connectivity index is 1.99. The van der Waals surface area contributed by atoms with Crippen LogP contribution in [0, 0.1) is 5.82 Å². The van der Waals surface area contributed by atoms with Gasteiger partial charge in [-0.05, 0) is 44.8 Å². The van der Waals surface area contributed by atoms with E-state index in [9.17, 15) is 4.39 Å². The summed E-state index contributed by atoms with van der Waals surface area (Å²) in [6.45, 7) is 3.08. The number of aromatic nitrogens is 3. The van der Waals surface area contributed by atoms with Crippen LogP contribution in [0.1, 0.15) is 13.3 Å². The quantitative estimate of drug-likeness (QED) is 0.755. The van der Waals surface area contributed by atoms with Gasteiger partial charge in [0.25, 0.3) is 0 Å². The number of nitrogens with one attached hydrogen (secondary N) is 1. The minimum Gasteiger partial charge on any atom is -0.366 e. The highest BCUT2D eigenvalue weighted by atomic mass is 19.1. The van der Waals surface area contributed by atoms with E-state index in [2.05, 4.69) is 41.3 Å². The number of hydrogen-bond acceptors (Lipinski definition) is 4. The maximum absolute atomic E-state index is 13.2. The highest BCUT2D eigenvalue weighted by molar-refractivity contribution is 5.66. The van der Waals surface area contributed by atoms with Crippen LogP contribution in [-0.4, -0.2) is 46.2 Å². The molecule has 1 atom stereocenters. The molecule has 3 aromatic rings. The number of fused-ring (bicyclic) bond motifs is 1. The Hall–Kier alpha value is -2.47. The molecule has 0 aliphatic rings. The first-order valence-corrected chi connectivity index (χ1v) is 8.09. The van der Waals surface area contributed by atoms with Crippen molar-refractivity contribution in [3.8, 4) is 11.3 Å². The second-order valence-electron chi connectivity index (χ2n) is 6.15. The Labute approximate surface area is 141 Å². The lowest BCUT2D eigenvalue weighted by Crippen LogP contribution is -2.32. The summed E-state index contributed by atoms with van der Waals surface area (Å²) in [5.74, 6) is 0.637. The summed E-state index contributed by atoms with van der Waals surface area (Å²) in [4.78, 5) is 6.77. The van der Waals surface area contributed by atoms with Gasteiger partial charge in [-0.1, -0.05) is 6.92 Å². The van der Waals surface area contributed by atoms with Crippen molar-refractivity contribution < 1.29 is 4.39 Å². The number of anilines is 1. The van der Waals surface area contributed by atoms with Crippen molar-refractivity contribution in [2.45, 2.75) is 19.4 Å². The predicted molar refractivity (Wildman–Crippen MR) is 94.6 cm³/mol. The molecule has 0 bridgehead atoms. The number of rotatable bonds is 6. The Morgan fingerprint density at radius 3 is 2.62 bits per heavy atom. The molecule has 0 spiro atoms. The van der Waals surface area contributed by atoms with Gasteiger partial charge in [0.15, 0.2) is 5.65 Å². The van der Waals surface area contributed by atoms with Crippen molar-refractivity contribution in [3.63, 3.8) is 0 Å². The van der Waals surface area contributed by atoms with Gasteiger partial charge in [-0.15, -0.1) is 0 Å². The van der Waals surface area contributed by atoms with E-state index in [4.69, 9.17) is 0 Å². The van der Waals surface area contributed by atoms with Crippen LogP contribution in [0.3, 0.4) is 0 Å². The summed E-state index contributed by atoms with van der Waals surface area (Å²) in [7, 11) is 4.12. The van der Waals surface area contributed by atoms with Gasteiger partial charge < -0.3 is 10.2 Å². The second-order valence-corrected chi connectivity index (χ2v) is 6.15. The molecule has 0 saturated carbocycles. The molecule has 1 unspecified atom stereocenters. The third-order valence-electron chi connectivity index (χ3n) is 3.93. The number of hydrogen-bond donors (Lipinski definition) is 1. The number of likely N-dealkylation sites (N-methyl/N-ethyl adjacent to an activating group) is 1. The average molecular weight is 327 g/mol.